The van der Waals surface area contributed by atoms with Gasteiger partial charge in [-0.3, -0.25) is 4.98 Å². The number of nitrogens with zero attached hydrogens (tertiary/aromatic N) is 3. The van der Waals surface area contributed by atoms with Crippen LogP contribution in [0.25, 0.3) is 11.4 Å². The van der Waals surface area contributed by atoms with Crippen molar-refractivity contribution in [2.75, 3.05) is 5.32 Å². The molecule has 0 bridgehead atoms. The van der Waals surface area contributed by atoms with Crippen LogP contribution >= 0.6 is 0 Å². The fourth-order valence-electron chi connectivity index (χ4n) is 2.72. The third-order valence-corrected chi connectivity index (χ3v) is 3.73. The number of nitrogens with one attached hydrogen (secondary N) is 1. The van der Waals surface area contributed by atoms with Crippen molar-refractivity contribution in [2.24, 2.45) is 0 Å². The summed E-state index contributed by atoms with van der Waals surface area (Å²) in [6.07, 6.45) is 10.0. The molecule has 0 spiro atoms. The summed E-state index contributed by atoms with van der Waals surface area (Å²) in [7, 11) is 0. The molecule has 4 nitrogen and oxygen atoms in total. The first-order chi connectivity index (χ1) is 9.81. The van der Waals surface area contributed by atoms with Gasteiger partial charge in [-0.25, -0.2) is 9.97 Å². The maximum atomic E-state index is 4.64. The number of rotatable bonds is 3. The Morgan fingerprint density at radius 1 is 1.15 bits per heavy atom. The van der Waals surface area contributed by atoms with Crippen molar-refractivity contribution in [1.29, 1.82) is 0 Å². The third kappa shape index (κ3) is 3.13. The normalized spacial score (nSPS) is 16.1. The van der Waals surface area contributed by atoms with E-state index in [2.05, 4.69) is 20.3 Å². The van der Waals surface area contributed by atoms with Crippen LogP contribution in [-0.2, 0) is 0 Å². The minimum atomic E-state index is 0.555. The van der Waals surface area contributed by atoms with E-state index < -0.39 is 0 Å². The predicted molar refractivity (Wildman–Crippen MR) is 80.5 cm³/mol. The molecule has 1 fully saturated rings. The number of aromatic nitrogens is 3. The van der Waals surface area contributed by atoms with Gasteiger partial charge in [-0.2, -0.15) is 0 Å². The SMILES string of the molecule is Cc1cc(NC2CCCCC2)nc(-c2cccnc2)n1. The van der Waals surface area contributed by atoms with Crippen LogP contribution < -0.4 is 5.32 Å². The maximum absolute atomic E-state index is 4.64. The molecule has 2 aromatic rings. The summed E-state index contributed by atoms with van der Waals surface area (Å²) in [5.41, 5.74) is 1.94. The Kier molecular flexibility index (Phi) is 3.90. The molecule has 1 saturated carbocycles. The molecule has 0 atom stereocenters. The Balaban J connectivity index is 1.83. The fourth-order valence-corrected chi connectivity index (χ4v) is 2.72. The molecule has 0 aromatic carbocycles. The average molecular weight is 268 g/mol. The van der Waals surface area contributed by atoms with Crippen LogP contribution in [0.5, 0.6) is 0 Å². The lowest BCUT2D eigenvalue weighted by Gasteiger charge is -2.23. The smallest absolute Gasteiger partial charge is 0.163 e. The number of aryl methyl sites for hydroxylation is 1. The summed E-state index contributed by atoms with van der Waals surface area (Å²) in [5.74, 6) is 1.68. The molecule has 3 rings (SSSR count). The van der Waals surface area contributed by atoms with Crippen LogP contribution in [0.2, 0.25) is 0 Å². The summed E-state index contributed by atoms with van der Waals surface area (Å²) in [4.78, 5) is 13.3. The molecule has 0 saturated heterocycles. The first-order valence-electron chi connectivity index (χ1n) is 7.34. The van der Waals surface area contributed by atoms with Crippen molar-refractivity contribution < 1.29 is 0 Å². The van der Waals surface area contributed by atoms with Gasteiger partial charge in [0.1, 0.15) is 5.82 Å². The van der Waals surface area contributed by atoms with Crippen LogP contribution in [0.4, 0.5) is 5.82 Å². The van der Waals surface area contributed by atoms with Gasteiger partial charge in [0.2, 0.25) is 0 Å². The molecular weight excluding hydrogens is 248 g/mol. The van der Waals surface area contributed by atoms with E-state index in [0.717, 1.165) is 22.9 Å². The van der Waals surface area contributed by atoms with Gasteiger partial charge in [0.25, 0.3) is 0 Å². The first kappa shape index (κ1) is 13.0. The second kappa shape index (κ2) is 5.99. The van der Waals surface area contributed by atoms with Crippen molar-refractivity contribution in [3.8, 4) is 11.4 Å². The fraction of sp³-hybridized carbons (Fsp3) is 0.438. The Morgan fingerprint density at radius 3 is 2.75 bits per heavy atom. The first-order valence-corrected chi connectivity index (χ1v) is 7.34. The lowest BCUT2D eigenvalue weighted by atomic mass is 9.95. The zero-order valence-corrected chi connectivity index (χ0v) is 11.8. The minimum Gasteiger partial charge on any atom is -0.367 e. The standard InChI is InChI=1S/C16H20N4/c1-12-10-15(19-14-7-3-2-4-8-14)20-16(18-12)13-6-5-9-17-11-13/h5-6,9-11,14H,2-4,7-8H2,1H3,(H,18,19,20). The third-order valence-electron chi connectivity index (χ3n) is 3.73. The van der Waals surface area contributed by atoms with Crippen LogP contribution in [0, 0.1) is 6.92 Å². The molecule has 2 heterocycles. The molecule has 0 aliphatic heterocycles. The quantitative estimate of drug-likeness (QED) is 0.924. The number of hydrogen-bond donors (Lipinski definition) is 1. The number of hydrogen-bond acceptors (Lipinski definition) is 4. The lowest BCUT2D eigenvalue weighted by molar-refractivity contribution is 0.462. The van der Waals surface area contributed by atoms with Crippen molar-refractivity contribution in [3.05, 3.63) is 36.3 Å². The van der Waals surface area contributed by atoms with E-state index in [4.69, 9.17) is 0 Å². The molecule has 2 aromatic heterocycles. The van der Waals surface area contributed by atoms with E-state index in [9.17, 15) is 0 Å². The lowest BCUT2D eigenvalue weighted by Crippen LogP contribution is -2.23. The van der Waals surface area contributed by atoms with Gasteiger partial charge in [0.05, 0.1) is 0 Å². The highest BCUT2D eigenvalue weighted by atomic mass is 15.1. The summed E-state index contributed by atoms with van der Waals surface area (Å²) >= 11 is 0. The van der Waals surface area contributed by atoms with Gasteiger partial charge in [-0.15, -0.1) is 0 Å². The minimum absolute atomic E-state index is 0.555. The zero-order valence-electron chi connectivity index (χ0n) is 11.8. The molecule has 0 amide bonds. The monoisotopic (exact) mass is 268 g/mol. The van der Waals surface area contributed by atoms with E-state index in [-0.39, 0.29) is 0 Å². The summed E-state index contributed by atoms with van der Waals surface area (Å²) < 4.78 is 0. The Hall–Kier alpha value is -1.97. The second-order valence-electron chi connectivity index (χ2n) is 5.44. The molecule has 0 radical (unpaired) electrons. The van der Waals surface area contributed by atoms with Gasteiger partial charge < -0.3 is 5.32 Å². The van der Waals surface area contributed by atoms with E-state index >= 15 is 0 Å². The van der Waals surface area contributed by atoms with Gasteiger partial charge in [-0.1, -0.05) is 19.3 Å². The van der Waals surface area contributed by atoms with Crippen LogP contribution in [-0.4, -0.2) is 21.0 Å². The average Bonchev–Trinajstić information content (AvgIpc) is 2.49. The Bertz CT molecular complexity index is 562. The predicted octanol–water partition coefficient (Wildman–Crippen LogP) is 3.59. The van der Waals surface area contributed by atoms with E-state index in [0.29, 0.717) is 6.04 Å². The van der Waals surface area contributed by atoms with Gasteiger partial charge in [-0.05, 0) is 31.9 Å². The molecule has 1 aliphatic rings. The van der Waals surface area contributed by atoms with Gasteiger partial charge in [0, 0.05) is 35.8 Å². The van der Waals surface area contributed by atoms with Crippen LogP contribution in [0.15, 0.2) is 30.6 Å². The van der Waals surface area contributed by atoms with Crippen molar-refractivity contribution in [3.63, 3.8) is 0 Å². The molecule has 20 heavy (non-hydrogen) atoms. The molecule has 1 aliphatic carbocycles. The van der Waals surface area contributed by atoms with E-state index in [1.54, 1.807) is 12.4 Å². The highest BCUT2D eigenvalue weighted by molar-refractivity contribution is 5.56. The summed E-state index contributed by atoms with van der Waals surface area (Å²) in [6.45, 7) is 2.01. The van der Waals surface area contributed by atoms with Crippen LogP contribution in [0.3, 0.4) is 0 Å². The van der Waals surface area contributed by atoms with E-state index in [1.165, 1.54) is 32.1 Å². The topological polar surface area (TPSA) is 50.7 Å². The zero-order chi connectivity index (χ0) is 13.8. The number of pyridine rings is 1. The van der Waals surface area contributed by atoms with Crippen LogP contribution in [0.1, 0.15) is 37.8 Å². The second-order valence-corrected chi connectivity index (χ2v) is 5.44. The summed E-state index contributed by atoms with van der Waals surface area (Å²) in [5, 5.41) is 3.56. The Labute approximate surface area is 119 Å². The molecule has 104 valence electrons. The van der Waals surface area contributed by atoms with E-state index in [1.807, 2.05) is 25.1 Å². The molecule has 1 N–H and O–H groups in total. The molecule has 0 unspecified atom stereocenters. The van der Waals surface area contributed by atoms with Gasteiger partial charge >= 0.3 is 0 Å². The Morgan fingerprint density at radius 2 is 2.00 bits per heavy atom. The maximum Gasteiger partial charge on any atom is 0.163 e. The van der Waals surface area contributed by atoms with Crippen molar-refractivity contribution in [1.82, 2.24) is 15.0 Å². The molecular formula is C16H20N4. The van der Waals surface area contributed by atoms with Crippen molar-refractivity contribution in [2.45, 2.75) is 45.1 Å². The highest BCUT2D eigenvalue weighted by Gasteiger charge is 2.14. The largest absolute Gasteiger partial charge is 0.367 e. The van der Waals surface area contributed by atoms with Crippen molar-refractivity contribution >= 4 is 5.82 Å². The summed E-state index contributed by atoms with van der Waals surface area (Å²) in [6, 6.07) is 6.48. The highest BCUT2D eigenvalue weighted by Crippen LogP contribution is 2.22. The molecule has 4 heteroatoms. The number of anilines is 1. The van der Waals surface area contributed by atoms with Gasteiger partial charge in [0.15, 0.2) is 5.82 Å².